The van der Waals surface area contributed by atoms with Gasteiger partial charge in [0.05, 0.1) is 24.6 Å². The molecular formula is C17H19N3O4. The van der Waals surface area contributed by atoms with Gasteiger partial charge < -0.3 is 15.4 Å². The number of aryl methyl sites for hydroxylation is 2. The topological polar surface area (TPSA) is 93.5 Å². The van der Waals surface area contributed by atoms with Gasteiger partial charge in [-0.2, -0.15) is 0 Å². The predicted octanol–water partition coefficient (Wildman–Crippen LogP) is 3.27. The molecule has 0 saturated heterocycles. The molecule has 0 aliphatic heterocycles. The molecule has 24 heavy (non-hydrogen) atoms. The summed E-state index contributed by atoms with van der Waals surface area (Å²) in [5.74, 6) is -0.0146. The number of benzene rings is 2. The van der Waals surface area contributed by atoms with E-state index in [0.29, 0.717) is 5.75 Å². The monoisotopic (exact) mass is 329 g/mol. The van der Waals surface area contributed by atoms with E-state index < -0.39 is 4.92 Å². The first-order chi connectivity index (χ1) is 11.4. The van der Waals surface area contributed by atoms with Crippen LogP contribution >= 0.6 is 0 Å². The van der Waals surface area contributed by atoms with Gasteiger partial charge in [0, 0.05) is 5.69 Å². The van der Waals surface area contributed by atoms with Crippen molar-refractivity contribution < 1.29 is 14.5 Å². The summed E-state index contributed by atoms with van der Waals surface area (Å²) in [6.45, 7) is 3.90. The highest BCUT2D eigenvalue weighted by Gasteiger charge is 2.17. The lowest BCUT2D eigenvalue weighted by molar-refractivity contribution is -0.384. The third-order valence-electron chi connectivity index (χ3n) is 3.58. The SMILES string of the molecule is COc1ccc(NC(=O)CNc2c(C)cccc2C)c([N+](=O)[O-])c1. The van der Waals surface area contributed by atoms with Gasteiger partial charge in [-0.25, -0.2) is 0 Å². The van der Waals surface area contributed by atoms with Crippen LogP contribution in [0.15, 0.2) is 36.4 Å². The largest absolute Gasteiger partial charge is 0.496 e. The maximum absolute atomic E-state index is 12.1. The average Bonchev–Trinajstić information content (AvgIpc) is 2.54. The molecule has 0 aliphatic rings. The summed E-state index contributed by atoms with van der Waals surface area (Å²) in [5.41, 5.74) is 2.86. The fraction of sp³-hybridized carbons (Fsp3) is 0.235. The molecule has 2 rings (SSSR count). The molecule has 126 valence electrons. The minimum atomic E-state index is -0.558. The van der Waals surface area contributed by atoms with Crippen molar-refractivity contribution >= 4 is 23.0 Å². The number of nitrogens with zero attached hydrogens (tertiary/aromatic N) is 1. The Morgan fingerprint density at radius 1 is 1.21 bits per heavy atom. The van der Waals surface area contributed by atoms with Crippen LogP contribution in [0.3, 0.4) is 0 Å². The van der Waals surface area contributed by atoms with Gasteiger partial charge in [-0.05, 0) is 37.1 Å². The van der Waals surface area contributed by atoms with E-state index in [0.717, 1.165) is 16.8 Å². The molecule has 0 unspecified atom stereocenters. The van der Waals surface area contributed by atoms with Crippen LogP contribution in [0.1, 0.15) is 11.1 Å². The van der Waals surface area contributed by atoms with Crippen LogP contribution in [0.4, 0.5) is 17.1 Å². The molecule has 0 spiro atoms. The highest BCUT2D eigenvalue weighted by Crippen LogP contribution is 2.29. The molecular weight excluding hydrogens is 310 g/mol. The second-order valence-corrected chi connectivity index (χ2v) is 5.31. The number of amides is 1. The Bertz CT molecular complexity index is 754. The number of anilines is 2. The normalized spacial score (nSPS) is 10.1. The van der Waals surface area contributed by atoms with Crippen molar-refractivity contribution in [2.24, 2.45) is 0 Å². The van der Waals surface area contributed by atoms with E-state index in [1.54, 1.807) is 6.07 Å². The molecule has 2 aromatic carbocycles. The third-order valence-corrected chi connectivity index (χ3v) is 3.58. The number of hydrogen-bond acceptors (Lipinski definition) is 5. The molecule has 0 fully saturated rings. The highest BCUT2D eigenvalue weighted by molar-refractivity contribution is 5.96. The molecule has 0 aliphatic carbocycles. The number of ether oxygens (including phenoxy) is 1. The Kier molecular flexibility index (Phi) is 5.36. The molecule has 1 amide bonds. The van der Waals surface area contributed by atoms with Crippen molar-refractivity contribution in [3.05, 3.63) is 57.6 Å². The zero-order valence-corrected chi connectivity index (χ0v) is 13.8. The predicted molar refractivity (Wildman–Crippen MR) is 92.7 cm³/mol. The van der Waals surface area contributed by atoms with E-state index in [-0.39, 0.29) is 23.8 Å². The number of para-hydroxylation sites is 1. The van der Waals surface area contributed by atoms with Crippen LogP contribution in [-0.2, 0) is 4.79 Å². The Morgan fingerprint density at radius 2 is 1.88 bits per heavy atom. The van der Waals surface area contributed by atoms with Gasteiger partial charge in [0.1, 0.15) is 11.4 Å². The van der Waals surface area contributed by atoms with Gasteiger partial charge in [-0.1, -0.05) is 18.2 Å². The number of nitro groups is 1. The molecule has 0 aromatic heterocycles. The van der Waals surface area contributed by atoms with E-state index in [9.17, 15) is 14.9 Å². The standard InChI is InChI=1S/C17H19N3O4/c1-11-5-4-6-12(2)17(11)18-10-16(21)19-14-8-7-13(24-3)9-15(14)20(22)23/h4-9,18H,10H2,1-3H3,(H,19,21). The van der Waals surface area contributed by atoms with Crippen LogP contribution in [0.25, 0.3) is 0 Å². The third kappa shape index (κ3) is 4.01. The number of carbonyl (C=O) groups excluding carboxylic acids is 1. The van der Waals surface area contributed by atoms with Gasteiger partial charge in [0.15, 0.2) is 0 Å². The van der Waals surface area contributed by atoms with Crippen molar-refractivity contribution in [3.63, 3.8) is 0 Å². The van der Waals surface area contributed by atoms with Crippen molar-refractivity contribution in [2.75, 3.05) is 24.3 Å². The Hall–Kier alpha value is -3.09. The smallest absolute Gasteiger partial charge is 0.296 e. The lowest BCUT2D eigenvalue weighted by Crippen LogP contribution is -2.22. The summed E-state index contributed by atoms with van der Waals surface area (Å²) < 4.78 is 4.97. The Labute approximate surface area is 139 Å². The zero-order valence-electron chi connectivity index (χ0n) is 13.8. The van der Waals surface area contributed by atoms with Crippen LogP contribution in [-0.4, -0.2) is 24.5 Å². The Morgan fingerprint density at radius 3 is 2.46 bits per heavy atom. The summed E-state index contributed by atoms with van der Waals surface area (Å²) in [7, 11) is 1.42. The second-order valence-electron chi connectivity index (χ2n) is 5.31. The fourth-order valence-electron chi connectivity index (χ4n) is 2.35. The number of hydrogen-bond donors (Lipinski definition) is 2. The first-order valence-electron chi connectivity index (χ1n) is 7.34. The van der Waals surface area contributed by atoms with Crippen molar-refractivity contribution in [1.29, 1.82) is 0 Å². The second kappa shape index (κ2) is 7.45. The summed E-state index contributed by atoms with van der Waals surface area (Å²) in [4.78, 5) is 22.7. The van der Waals surface area contributed by atoms with Crippen LogP contribution < -0.4 is 15.4 Å². The molecule has 7 heteroatoms. The maximum Gasteiger partial charge on any atom is 0.296 e. The molecule has 0 bridgehead atoms. The van der Waals surface area contributed by atoms with E-state index in [4.69, 9.17) is 4.74 Å². The van der Waals surface area contributed by atoms with Gasteiger partial charge in [-0.3, -0.25) is 14.9 Å². The number of carbonyl (C=O) groups is 1. The van der Waals surface area contributed by atoms with Gasteiger partial charge in [0.25, 0.3) is 5.69 Å². The summed E-state index contributed by atoms with van der Waals surface area (Å²) in [6.07, 6.45) is 0. The van der Waals surface area contributed by atoms with E-state index in [1.165, 1.54) is 19.2 Å². The summed E-state index contributed by atoms with van der Waals surface area (Å²) in [5, 5.41) is 16.7. The Balaban J connectivity index is 2.09. The van der Waals surface area contributed by atoms with Crippen molar-refractivity contribution in [1.82, 2.24) is 0 Å². The first-order valence-corrected chi connectivity index (χ1v) is 7.34. The number of nitrogens with one attached hydrogen (secondary N) is 2. The molecule has 2 aromatic rings. The molecule has 0 saturated carbocycles. The van der Waals surface area contributed by atoms with Gasteiger partial charge in [-0.15, -0.1) is 0 Å². The van der Waals surface area contributed by atoms with Gasteiger partial charge >= 0.3 is 0 Å². The minimum Gasteiger partial charge on any atom is -0.496 e. The zero-order chi connectivity index (χ0) is 17.7. The van der Waals surface area contributed by atoms with Crippen LogP contribution in [0.5, 0.6) is 5.75 Å². The number of nitro benzene ring substituents is 1. The van der Waals surface area contributed by atoms with E-state index >= 15 is 0 Å². The molecule has 0 atom stereocenters. The van der Waals surface area contributed by atoms with E-state index in [2.05, 4.69) is 10.6 Å². The lowest BCUT2D eigenvalue weighted by Gasteiger charge is -2.13. The lowest BCUT2D eigenvalue weighted by atomic mass is 10.1. The molecule has 0 heterocycles. The average molecular weight is 329 g/mol. The molecule has 7 nitrogen and oxygen atoms in total. The quantitative estimate of drug-likeness (QED) is 0.626. The number of rotatable bonds is 6. The van der Waals surface area contributed by atoms with Gasteiger partial charge in [0.2, 0.25) is 5.91 Å². The van der Waals surface area contributed by atoms with E-state index in [1.807, 2.05) is 32.0 Å². The first kappa shape index (κ1) is 17.3. The summed E-state index contributed by atoms with van der Waals surface area (Å²) in [6, 6.07) is 10.1. The van der Waals surface area contributed by atoms with Crippen LogP contribution in [0.2, 0.25) is 0 Å². The van der Waals surface area contributed by atoms with Crippen molar-refractivity contribution in [2.45, 2.75) is 13.8 Å². The molecule has 0 radical (unpaired) electrons. The van der Waals surface area contributed by atoms with Crippen molar-refractivity contribution in [3.8, 4) is 5.75 Å². The highest BCUT2D eigenvalue weighted by atomic mass is 16.6. The maximum atomic E-state index is 12.1. The fourth-order valence-corrected chi connectivity index (χ4v) is 2.35. The molecule has 2 N–H and O–H groups in total. The minimum absolute atomic E-state index is 0.00881. The number of methoxy groups -OCH3 is 1. The van der Waals surface area contributed by atoms with Crippen LogP contribution in [0, 0.1) is 24.0 Å². The summed E-state index contributed by atoms with van der Waals surface area (Å²) >= 11 is 0.